The van der Waals surface area contributed by atoms with Crippen LogP contribution in [0.15, 0.2) is 24.5 Å². The Morgan fingerprint density at radius 2 is 2.20 bits per heavy atom. The van der Waals surface area contributed by atoms with Gasteiger partial charge in [-0.1, -0.05) is 0 Å². The fourth-order valence-electron chi connectivity index (χ4n) is 1.68. The van der Waals surface area contributed by atoms with Gasteiger partial charge in [-0.05, 0) is 0 Å². The molecule has 0 amide bonds. The minimum absolute atomic E-state index is 0.0657. The van der Waals surface area contributed by atoms with Crippen molar-refractivity contribution >= 4 is 5.97 Å². The van der Waals surface area contributed by atoms with E-state index in [1.807, 2.05) is 0 Å². The van der Waals surface area contributed by atoms with Gasteiger partial charge >= 0.3 is 5.97 Å². The molecule has 0 spiro atoms. The summed E-state index contributed by atoms with van der Waals surface area (Å²) in [6.45, 7) is 1.17. The van der Waals surface area contributed by atoms with Crippen LogP contribution in [0.2, 0.25) is 0 Å². The van der Waals surface area contributed by atoms with Crippen molar-refractivity contribution in [1.82, 2.24) is 14.8 Å². The first-order valence-corrected chi connectivity index (χ1v) is 5.95. The van der Waals surface area contributed by atoms with Crippen LogP contribution in [0.5, 0.6) is 5.75 Å². The van der Waals surface area contributed by atoms with Crippen LogP contribution >= 0.6 is 0 Å². The second kappa shape index (κ2) is 6.16. The van der Waals surface area contributed by atoms with Crippen molar-refractivity contribution in [2.24, 2.45) is 0 Å². The van der Waals surface area contributed by atoms with E-state index in [0.29, 0.717) is 24.6 Å². The molecule has 0 fully saturated rings. The van der Waals surface area contributed by atoms with Crippen LogP contribution in [0, 0.1) is 0 Å². The van der Waals surface area contributed by atoms with Crippen molar-refractivity contribution in [2.45, 2.75) is 6.54 Å². The molecule has 106 valence electrons. The van der Waals surface area contributed by atoms with Gasteiger partial charge < -0.3 is 14.6 Å². The summed E-state index contributed by atoms with van der Waals surface area (Å²) in [5, 5.41) is 13.2. The van der Waals surface area contributed by atoms with Gasteiger partial charge in [0.15, 0.2) is 5.69 Å². The van der Waals surface area contributed by atoms with E-state index in [-0.39, 0.29) is 5.69 Å². The Bertz CT molecular complexity index is 609. The number of carboxylic acid groups (broad SMARTS) is 1. The van der Waals surface area contributed by atoms with E-state index in [1.54, 1.807) is 30.3 Å². The molecular weight excluding hydrogens is 262 g/mol. The summed E-state index contributed by atoms with van der Waals surface area (Å²) in [6.07, 6.45) is 3.41. The van der Waals surface area contributed by atoms with E-state index >= 15 is 0 Å². The van der Waals surface area contributed by atoms with Crippen LogP contribution in [-0.2, 0) is 11.3 Å². The number of rotatable bonds is 6. The average Bonchev–Trinajstić information content (AvgIpc) is 2.93. The molecule has 0 bridgehead atoms. The summed E-state index contributed by atoms with van der Waals surface area (Å²) in [7, 11) is 3.10. The van der Waals surface area contributed by atoms with E-state index in [2.05, 4.69) is 10.1 Å². The molecule has 2 aromatic rings. The SMILES string of the molecule is COCCn1cc(-c2cc(OC)cc(C(=O)O)n2)cn1. The zero-order valence-corrected chi connectivity index (χ0v) is 11.2. The van der Waals surface area contributed by atoms with Crippen molar-refractivity contribution in [2.75, 3.05) is 20.8 Å². The van der Waals surface area contributed by atoms with Crippen LogP contribution < -0.4 is 4.74 Å². The molecule has 0 saturated carbocycles. The lowest BCUT2D eigenvalue weighted by Gasteiger charge is -2.04. The number of nitrogens with zero attached hydrogens (tertiary/aromatic N) is 3. The van der Waals surface area contributed by atoms with E-state index in [1.165, 1.54) is 13.2 Å². The molecule has 0 aliphatic rings. The van der Waals surface area contributed by atoms with E-state index in [9.17, 15) is 4.79 Å². The molecule has 0 radical (unpaired) electrons. The number of carbonyl (C=O) groups is 1. The predicted molar refractivity (Wildman–Crippen MR) is 70.8 cm³/mol. The Morgan fingerprint density at radius 3 is 2.85 bits per heavy atom. The average molecular weight is 277 g/mol. The summed E-state index contributed by atoms with van der Waals surface area (Å²) < 4.78 is 11.8. The molecular formula is C13H15N3O4. The molecule has 0 aliphatic carbocycles. The number of hydrogen-bond donors (Lipinski definition) is 1. The minimum atomic E-state index is -1.10. The minimum Gasteiger partial charge on any atom is -0.497 e. The first-order chi connectivity index (χ1) is 9.63. The highest BCUT2D eigenvalue weighted by molar-refractivity contribution is 5.86. The first-order valence-electron chi connectivity index (χ1n) is 5.95. The second-order valence-corrected chi connectivity index (χ2v) is 4.07. The maximum atomic E-state index is 11.0. The third-order valence-corrected chi connectivity index (χ3v) is 2.71. The Balaban J connectivity index is 2.33. The van der Waals surface area contributed by atoms with Crippen molar-refractivity contribution in [1.29, 1.82) is 0 Å². The standard InChI is InChI=1S/C13H15N3O4/c1-19-4-3-16-8-9(7-14-16)11-5-10(20-2)6-12(15-11)13(17)18/h5-8H,3-4H2,1-2H3,(H,17,18). The third kappa shape index (κ3) is 3.12. The van der Waals surface area contributed by atoms with Crippen LogP contribution in [0.3, 0.4) is 0 Å². The molecule has 1 N–H and O–H groups in total. The van der Waals surface area contributed by atoms with E-state index in [4.69, 9.17) is 14.6 Å². The molecule has 0 saturated heterocycles. The molecule has 0 aliphatic heterocycles. The summed E-state index contributed by atoms with van der Waals surface area (Å²) in [5.74, 6) is -0.658. The number of methoxy groups -OCH3 is 2. The topological polar surface area (TPSA) is 86.5 Å². The Kier molecular flexibility index (Phi) is 4.31. The molecule has 7 heteroatoms. The second-order valence-electron chi connectivity index (χ2n) is 4.07. The number of carboxylic acids is 1. The number of pyridine rings is 1. The molecule has 0 unspecified atom stereocenters. The van der Waals surface area contributed by atoms with Gasteiger partial charge in [-0.15, -0.1) is 0 Å². The zero-order chi connectivity index (χ0) is 14.5. The van der Waals surface area contributed by atoms with Gasteiger partial charge in [-0.3, -0.25) is 4.68 Å². The fourth-order valence-corrected chi connectivity index (χ4v) is 1.68. The Morgan fingerprint density at radius 1 is 1.40 bits per heavy atom. The zero-order valence-electron chi connectivity index (χ0n) is 11.2. The third-order valence-electron chi connectivity index (χ3n) is 2.71. The normalized spacial score (nSPS) is 10.5. The number of aromatic carboxylic acids is 1. The molecule has 0 atom stereocenters. The van der Waals surface area contributed by atoms with Crippen LogP contribution in [0.1, 0.15) is 10.5 Å². The van der Waals surface area contributed by atoms with Gasteiger partial charge in [0.05, 0.1) is 32.2 Å². The maximum Gasteiger partial charge on any atom is 0.354 e. The molecule has 20 heavy (non-hydrogen) atoms. The fraction of sp³-hybridized carbons (Fsp3) is 0.308. The molecule has 2 heterocycles. The summed E-state index contributed by atoms with van der Waals surface area (Å²) in [5.41, 5.74) is 1.16. The highest BCUT2D eigenvalue weighted by Gasteiger charge is 2.12. The predicted octanol–water partition coefficient (Wildman–Crippen LogP) is 1.30. The van der Waals surface area contributed by atoms with Crippen LogP contribution in [-0.4, -0.2) is 46.7 Å². The molecule has 7 nitrogen and oxygen atoms in total. The van der Waals surface area contributed by atoms with E-state index in [0.717, 1.165) is 5.56 Å². The van der Waals surface area contributed by atoms with Crippen LogP contribution in [0.4, 0.5) is 0 Å². The lowest BCUT2D eigenvalue weighted by atomic mass is 10.2. The lowest BCUT2D eigenvalue weighted by Crippen LogP contribution is -2.04. The smallest absolute Gasteiger partial charge is 0.354 e. The van der Waals surface area contributed by atoms with Gasteiger partial charge in [0.25, 0.3) is 0 Å². The monoisotopic (exact) mass is 277 g/mol. The van der Waals surface area contributed by atoms with E-state index < -0.39 is 5.97 Å². The molecule has 2 aromatic heterocycles. The molecule has 2 rings (SSSR count). The van der Waals surface area contributed by atoms with Crippen LogP contribution in [0.25, 0.3) is 11.3 Å². The first kappa shape index (κ1) is 14.0. The quantitative estimate of drug-likeness (QED) is 0.856. The van der Waals surface area contributed by atoms with Gasteiger partial charge in [-0.2, -0.15) is 5.10 Å². The van der Waals surface area contributed by atoms with Gasteiger partial charge in [0, 0.05) is 31.0 Å². The summed E-state index contributed by atoms with van der Waals surface area (Å²) in [4.78, 5) is 15.1. The number of hydrogen-bond acceptors (Lipinski definition) is 5. The number of ether oxygens (including phenoxy) is 2. The number of aromatic nitrogens is 3. The largest absolute Gasteiger partial charge is 0.497 e. The van der Waals surface area contributed by atoms with Crippen molar-refractivity contribution < 1.29 is 19.4 Å². The van der Waals surface area contributed by atoms with Gasteiger partial charge in [-0.25, -0.2) is 9.78 Å². The maximum absolute atomic E-state index is 11.0. The highest BCUT2D eigenvalue weighted by atomic mass is 16.5. The van der Waals surface area contributed by atoms with Crippen molar-refractivity contribution in [3.8, 4) is 17.0 Å². The summed E-state index contributed by atoms with van der Waals surface area (Å²) in [6, 6.07) is 3.05. The Hall–Kier alpha value is -2.41. The Labute approximate surface area is 115 Å². The van der Waals surface area contributed by atoms with Gasteiger partial charge in [0.2, 0.25) is 0 Å². The molecule has 0 aromatic carbocycles. The van der Waals surface area contributed by atoms with Crippen molar-refractivity contribution in [3.63, 3.8) is 0 Å². The van der Waals surface area contributed by atoms with Crippen molar-refractivity contribution in [3.05, 3.63) is 30.2 Å². The van der Waals surface area contributed by atoms with Gasteiger partial charge in [0.1, 0.15) is 5.75 Å². The summed E-state index contributed by atoms with van der Waals surface area (Å²) >= 11 is 0. The lowest BCUT2D eigenvalue weighted by molar-refractivity contribution is 0.0690. The highest BCUT2D eigenvalue weighted by Crippen LogP contribution is 2.22.